The Morgan fingerprint density at radius 1 is 1.18 bits per heavy atom. The van der Waals surface area contributed by atoms with Crippen molar-refractivity contribution in [3.63, 3.8) is 0 Å². The molecule has 28 heavy (non-hydrogen) atoms. The van der Waals surface area contributed by atoms with Gasteiger partial charge in [-0.25, -0.2) is 4.39 Å². The van der Waals surface area contributed by atoms with E-state index in [1.54, 1.807) is 31.4 Å². The highest BCUT2D eigenvalue weighted by molar-refractivity contribution is 6.32. The summed E-state index contributed by atoms with van der Waals surface area (Å²) in [6, 6.07) is 8.34. The van der Waals surface area contributed by atoms with Gasteiger partial charge in [-0.3, -0.25) is 4.79 Å². The minimum Gasteiger partial charge on any atom is -0.493 e. The number of rotatable bonds is 10. The molecule has 1 saturated carbocycles. The third-order valence-electron chi connectivity index (χ3n) is 4.45. The van der Waals surface area contributed by atoms with Crippen molar-refractivity contribution in [1.29, 1.82) is 0 Å². The SMILES string of the molecule is COc1ccc(-c2cc(F)c(OCCCC(=O)O)c(Cl)c2)cc1OCC1CC1. The average molecular weight is 409 g/mol. The molecular formula is C21H22ClFO5. The lowest BCUT2D eigenvalue weighted by Crippen LogP contribution is -2.04. The quantitative estimate of drug-likeness (QED) is 0.548. The number of carboxylic acids is 1. The average Bonchev–Trinajstić information content (AvgIpc) is 3.49. The molecule has 1 N–H and O–H groups in total. The highest BCUT2D eigenvalue weighted by Crippen LogP contribution is 2.38. The topological polar surface area (TPSA) is 65.0 Å². The van der Waals surface area contributed by atoms with Crippen LogP contribution in [0.25, 0.3) is 11.1 Å². The largest absolute Gasteiger partial charge is 0.493 e. The number of halogens is 2. The van der Waals surface area contributed by atoms with Gasteiger partial charge in [-0.2, -0.15) is 0 Å². The molecule has 1 aliphatic carbocycles. The second-order valence-electron chi connectivity index (χ2n) is 6.73. The Hall–Kier alpha value is -2.47. The number of hydrogen-bond donors (Lipinski definition) is 1. The highest BCUT2D eigenvalue weighted by Gasteiger charge is 2.23. The third kappa shape index (κ3) is 5.29. The molecule has 1 fully saturated rings. The number of methoxy groups -OCH3 is 1. The first kappa shape index (κ1) is 20.3. The Kier molecular flexibility index (Phi) is 6.62. The van der Waals surface area contributed by atoms with E-state index < -0.39 is 11.8 Å². The second kappa shape index (κ2) is 9.15. The molecule has 0 saturated heterocycles. The van der Waals surface area contributed by atoms with Gasteiger partial charge in [0.2, 0.25) is 0 Å². The second-order valence-corrected chi connectivity index (χ2v) is 7.14. The van der Waals surface area contributed by atoms with E-state index in [4.69, 9.17) is 30.9 Å². The summed E-state index contributed by atoms with van der Waals surface area (Å²) >= 11 is 6.20. The Bertz CT molecular complexity index is 828. The maximum absolute atomic E-state index is 14.5. The van der Waals surface area contributed by atoms with Gasteiger partial charge in [0.05, 0.1) is 25.3 Å². The van der Waals surface area contributed by atoms with Crippen molar-refractivity contribution in [1.82, 2.24) is 0 Å². The summed E-state index contributed by atoms with van der Waals surface area (Å²) in [5.74, 6) is 0.220. The summed E-state index contributed by atoms with van der Waals surface area (Å²) in [5.41, 5.74) is 1.32. The van der Waals surface area contributed by atoms with E-state index >= 15 is 0 Å². The van der Waals surface area contributed by atoms with E-state index in [0.29, 0.717) is 29.6 Å². The number of carboxylic acid groups (broad SMARTS) is 1. The number of benzene rings is 2. The van der Waals surface area contributed by atoms with Crippen molar-refractivity contribution in [3.8, 4) is 28.4 Å². The van der Waals surface area contributed by atoms with E-state index in [2.05, 4.69) is 0 Å². The molecule has 0 heterocycles. The number of hydrogen-bond acceptors (Lipinski definition) is 4. The molecule has 0 amide bonds. The van der Waals surface area contributed by atoms with Crippen molar-refractivity contribution >= 4 is 17.6 Å². The van der Waals surface area contributed by atoms with E-state index in [1.807, 2.05) is 0 Å². The minimum absolute atomic E-state index is 0.0488. The standard InChI is InChI=1S/C21H22ClFO5/c1-26-18-7-6-14(11-19(18)28-12-13-4-5-13)15-9-16(22)21(17(23)10-15)27-8-2-3-20(24)25/h6-7,9-11,13H,2-5,8,12H2,1H3,(H,24,25). The van der Waals surface area contributed by atoms with Crippen LogP contribution in [0.15, 0.2) is 30.3 Å². The third-order valence-corrected chi connectivity index (χ3v) is 4.73. The van der Waals surface area contributed by atoms with Crippen molar-refractivity contribution in [3.05, 3.63) is 41.2 Å². The zero-order valence-corrected chi connectivity index (χ0v) is 16.3. The fourth-order valence-corrected chi connectivity index (χ4v) is 2.99. The van der Waals surface area contributed by atoms with Gasteiger partial charge in [0, 0.05) is 6.42 Å². The molecule has 0 spiro atoms. The molecule has 0 atom stereocenters. The van der Waals surface area contributed by atoms with Crippen molar-refractivity contribution < 1.29 is 28.5 Å². The van der Waals surface area contributed by atoms with E-state index in [0.717, 1.165) is 5.56 Å². The minimum atomic E-state index is -0.926. The summed E-state index contributed by atoms with van der Waals surface area (Å²) in [5, 5.41) is 8.77. The Balaban J connectivity index is 1.77. The van der Waals surface area contributed by atoms with Crippen LogP contribution in [-0.2, 0) is 4.79 Å². The van der Waals surface area contributed by atoms with Crippen LogP contribution in [0.2, 0.25) is 5.02 Å². The maximum atomic E-state index is 14.5. The summed E-state index contributed by atoms with van der Waals surface area (Å²) < 4.78 is 31.0. The van der Waals surface area contributed by atoms with E-state index in [9.17, 15) is 9.18 Å². The van der Waals surface area contributed by atoms with E-state index in [1.165, 1.54) is 18.9 Å². The molecule has 5 nitrogen and oxygen atoms in total. The monoisotopic (exact) mass is 408 g/mol. The predicted octanol–water partition coefficient (Wildman–Crippen LogP) is 5.19. The van der Waals surface area contributed by atoms with Gasteiger partial charge in [0.1, 0.15) is 0 Å². The van der Waals surface area contributed by atoms with E-state index in [-0.39, 0.29) is 30.2 Å². The first-order valence-corrected chi connectivity index (χ1v) is 9.50. The summed E-state index contributed by atoms with van der Waals surface area (Å²) in [4.78, 5) is 10.5. The predicted molar refractivity (Wildman–Crippen MR) is 104 cm³/mol. The van der Waals surface area contributed by atoms with Crippen molar-refractivity contribution in [2.45, 2.75) is 25.7 Å². The molecular weight excluding hydrogens is 387 g/mol. The lowest BCUT2D eigenvalue weighted by molar-refractivity contribution is -0.137. The molecule has 3 rings (SSSR count). The van der Waals surface area contributed by atoms with Crippen LogP contribution in [0.5, 0.6) is 17.2 Å². The number of carbonyl (C=O) groups is 1. The normalized spacial score (nSPS) is 13.2. The van der Waals surface area contributed by atoms with Gasteiger partial charge in [0.25, 0.3) is 0 Å². The number of ether oxygens (including phenoxy) is 3. The van der Waals surface area contributed by atoms with Gasteiger partial charge in [-0.1, -0.05) is 17.7 Å². The lowest BCUT2D eigenvalue weighted by atomic mass is 10.0. The van der Waals surface area contributed by atoms with Crippen LogP contribution in [0, 0.1) is 11.7 Å². The Morgan fingerprint density at radius 2 is 1.96 bits per heavy atom. The van der Waals surface area contributed by atoms with Gasteiger partial charge in [-0.05, 0) is 60.6 Å². The zero-order chi connectivity index (χ0) is 20.1. The number of aliphatic carboxylic acids is 1. The van der Waals surface area contributed by atoms with Crippen molar-refractivity contribution in [2.24, 2.45) is 5.92 Å². The van der Waals surface area contributed by atoms with Gasteiger partial charge >= 0.3 is 5.97 Å². The zero-order valence-electron chi connectivity index (χ0n) is 15.5. The first-order valence-electron chi connectivity index (χ1n) is 9.12. The van der Waals surface area contributed by atoms with Gasteiger partial charge < -0.3 is 19.3 Å². The summed E-state index contributed by atoms with van der Waals surface area (Å²) in [6.45, 7) is 0.710. The van der Waals surface area contributed by atoms with Crippen molar-refractivity contribution in [2.75, 3.05) is 20.3 Å². The van der Waals surface area contributed by atoms with Crippen LogP contribution in [0.3, 0.4) is 0 Å². The van der Waals surface area contributed by atoms with Crippen LogP contribution in [-0.4, -0.2) is 31.4 Å². The first-order chi connectivity index (χ1) is 13.5. The molecule has 2 aromatic carbocycles. The molecule has 0 aromatic heterocycles. The fourth-order valence-electron chi connectivity index (χ4n) is 2.72. The molecule has 0 aliphatic heterocycles. The van der Waals surface area contributed by atoms with Gasteiger partial charge in [0.15, 0.2) is 23.1 Å². The molecule has 0 bridgehead atoms. The van der Waals surface area contributed by atoms with Crippen LogP contribution < -0.4 is 14.2 Å². The summed E-state index contributed by atoms with van der Waals surface area (Å²) in [7, 11) is 1.58. The van der Waals surface area contributed by atoms with Gasteiger partial charge in [-0.15, -0.1) is 0 Å². The Labute approximate surface area is 168 Å². The maximum Gasteiger partial charge on any atom is 0.303 e. The smallest absolute Gasteiger partial charge is 0.303 e. The molecule has 0 unspecified atom stereocenters. The molecule has 0 radical (unpaired) electrons. The Morgan fingerprint density at radius 3 is 2.61 bits per heavy atom. The highest BCUT2D eigenvalue weighted by atomic mass is 35.5. The van der Waals surface area contributed by atoms with Crippen LogP contribution in [0.4, 0.5) is 4.39 Å². The lowest BCUT2D eigenvalue weighted by Gasteiger charge is -2.14. The molecule has 150 valence electrons. The molecule has 2 aromatic rings. The van der Waals surface area contributed by atoms with Crippen LogP contribution in [0.1, 0.15) is 25.7 Å². The fraction of sp³-hybridized carbons (Fsp3) is 0.381. The summed E-state index contributed by atoms with van der Waals surface area (Å²) in [6.07, 6.45) is 2.58. The molecule has 7 heteroatoms. The molecule has 1 aliphatic rings. The van der Waals surface area contributed by atoms with Crippen LogP contribution >= 0.6 is 11.6 Å².